The standard InChI is InChI=1S/C18H26N2O2/c1-13(8-9-14-6-3-2-4-7-14)20-16(22)18(19)12-15(21)17(18)10-5-11-17/h2-4,6-7,13,15,21H,5,8-12,19H2,1H3,(H,20,22)/t13?,15-,18-/m0/s1. The van der Waals surface area contributed by atoms with Crippen molar-refractivity contribution in [3.63, 3.8) is 0 Å². The van der Waals surface area contributed by atoms with Gasteiger partial charge in [-0.25, -0.2) is 0 Å². The van der Waals surface area contributed by atoms with E-state index in [1.54, 1.807) is 0 Å². The normalized spacial score (nSPS) is 30.2. The first-order valence-electron chi connectivity index (χ1n) is 8.30. The highest BCUT2D eigenvalue weighted by atomic mass is 16.3. The van der Waals surface area contributed by atoms with Crippen LogP contribution in [0.5, 0.6) is 0 Å². The summed E-state index contributed by atoms with van der Waals surface area (Å²) < 4.78 is 0. The maximum Gasteiger partial charge on any atom is 0.241 e. The van der Waals surface area contributed by atoms with Crippen molar-refractivity contribution in [3.8, 4) is 0 Å². The molecule has 1 unspecified atom stereocenters. The molecule has 1 aromatic carbocycles. The second-order valence-electron chi connectivity index (χ2n) is 7.10. The highest BCUT2D eigenvalue weighted by Gasteiger charge is 2.69. The van der Waals surface area contributed by atoms with Gasteiger partial charge in [0, 0.05) is 17.9 Å². The molecule has 2 saturated carbocycles. The van der Waals surface area contributed by atoms with E-state index in [2.05, 4.69) is 17.4 Å². The van der Waals surface area contributed by atoms with Gasteiger partial charge < -0.3 is 16.2 Å². The fraction of sp³-hybridized carbons (Fsp3) is 0.611. The zero-order chi connectivity index (χ0) is 15.8. The molecule has 3 atom stereocenters. The molecule has 0 heterocycles. The summed E-state index contributed by atoms with van der Waals surface area (Å²) in [6, 6.07) is 10.4. The fourth-order valence-electron chi connectivity index (χ4n) is 3.98. The SMILES string of the molecule is CC(CCc1ccccc1)NC(=O)[C@@]1(N)C[C@H](O)C12CCC2. The van der Waals surface area contributed by atoms with E-state index in [4.69, 9.17) is 5.73 Å². The molecule has 0 saturated heterocycles. The number of aliphatic hydroxyl groups is 1. The Hall–Kier alpha value is -1.39. The quantitative estimate of drug-likeness (QED) is 0.776. The van der Waals surface area contributed by atoms with Crippen molar-refractivity contribution in [2.24, 2.45) is 11.1 Å². The van der Waals surface area contributed by atoms with Gasteiger partial charge in [-0.3, -0.25) is 4.79 Å². The van der Waals surface area contributed by atoms with Crippen LogP contribution in [0.25, 0.3) is 0 Å². The molecule has 3 rings (SSSR count). The second-order valence-corrected chi connectivity index (χ2v) is 7.10. The van der Waals surface area contributed by atoms with Crippen molar-refractivity contribution >= 4 is 5.91 Å². The van der Waals surface area contributed by atoms with Crippen LogP contribution < -0.4 is 11.1 Å². The van der Waals surface area contributed by atoms with E-state index in [-0.39, 0.29) is 17.4 Å². The summed E-state index contributed by atoms with van der Waals surface area (Å²) in [5.41, 5.74) is 6.42. The number of rotatable bonds is 5. The maximum atomic E-state index is 12.6. The molecular formula is C18H26N2O2. The van der Waals surface area contributed by atoms with Gasteiger partial charge in [-0.1, -0.05) is 36.8 Å². The van der Waals surface area contributed by atoms with Gasteiger partial charge in [-0.2, -0.15) is 0 Å². The van der Waals surface area contributed by atoms with E-state index in [1.807, 2.05) is 25.1 Å². The summed E-state index contributed by atoms with van der Waals surface area (Å²) in [6.45, 7) is 2.02. The van der Waals surface area contributed by atoms with Gasteiger partial charge in [0.15, 0.2) is 0 Å². The Labute approximate surface area is 132 Å². The number of aliphatic hydroxyl groups excluding tert-OH is 1. The molecule has 0 aromatic heterocycles. The molecule has 4 nitrogen and oxygen atoms in total. The summed E-state index contributed by atoms with van der Waals surface area (Å²) in [5.74, 6) is -0.0851. The van der Waals surface area contributed by atoms with Gasteiger partial charge in [-0.15, -0.1) is 0 Å². The van der Waals surface area contributed by atoms with Crippen LogP contribution in [0.2, 0.25) is 0 Å². The Balaban J connectivity index is 1.53. The van der Waals surface area contributed by atoms with Gasteiger partial charge in [0.05, 0.1) is 6.10 Å². The Morgan fingerprint density at radius 3 is 2.64 bits per heavy atom. The molecule has 0 aliphatic heterocycles. The Kier molecular flexibility index (Phi) is 4.00. The smallest absolute Gasteiger partial charge is 0.241 e. The third-order valence-corrected chi connectivity index (χ3v) is 5.78. The van der Waals surface area contributed by atoms with E-state index < -0.39 is 11.6 Å². The zero-order valence-electron chi connectivity index (χ0n) is 13.2. The molecular weight excluding hydrogens is 276 g/mol. The molecule has 2 aliphatic rings. The van der Waals surface area contributed by atoms with Crippen molar-refractivity contribution in [1.29, 1.82) is 0 Å². The lowest BCUT2D eigenvalue weighted by Crippen LogP contribution is -2.79. The first-order chi connectivity index (χ1) is 10.5. The lowest BCUT2D eigenvalue weighted by Gasteiger charge is -2.64. The van der Waals surface area contributed by atoms with E-state index in [1.165, 1.54) is 5.56 Å². The van der Waals surface area contributed by atoms with E-state index in [0.717, 1.165) is 32.1 Å². The minimum absolute atomic E-state index is 0.0851. The zero-order valence-corrected chi connectivity index (χ0v) is 13.2. The Morgan fingerprint density at radius 2 is 2.09 bits per heavy atom. The van der Waals surface area contributed by atoms with Crippen molar-refractivity contribution in [3.05, 3.63) is 35.9 Å². The molecule has 1 aromatic rings. The highest BCUT2D eigenvalue weighted by molar-refractivity contribution is 5.89. The third kappa shape index (κ3) is 2.34. The summed E-state index contributed by atoms with van der Waals surface area (Å²) in [7, 11) is 0. The van der Waals surface area contributed by atoms with Gasteiger partial charge in [-0.05, 0) is 38.2 Å². The number of hydrogen-bond acceptors (Lipinski definition) is 3. The molecule has 4 heteroatoms. The van der Waals surface area contributed by atoms with Crippen LogP contribution in [0.15, 0.2) is 30.3 Å². The minimum Gasteiger partial charge on any atom is -0.392 e. The Morgan fingerprint density at radius 1 is 1.41 bits per heavy atom. The molecule has 2 fully saturated rings. The predicted octanol–water partition coefficient (Wildman–Crippen LogP) is 1.76. The topological polar surface area (TPSA) is 75.4 Å². The summed E-state index contributed by atoms with van der Waals surface area (Å²) in [6.07, 6.45) is 4.62. The highest BCUT2D eigenvalue weighted by Crippen LogP contribution is 2.60. The number of amides is 1. The van der Waals surface area contributed by atoms with Crippen molar-refractivity contribution < 1.29 is 9.90 Å². The number of hydrogen-bond donors (Lipinski definition) is 3. The van der Waals surface area contributed by atoms with Gasteiger partial charge in [0.25, 0.3) is 0 Å². The fourth-order valence-corrected chi connectivity index (χ4v) is 3.98. The molecule has 120 valence electrons. The summed E-state index contributed by atoms with van der Waals surface area (Å²) >= 11 is 0. The van der Waals surface area contributed by atoms with Crippen LogP contribution in [0.1, 0.15) is 44.6 Å². The molecule has 1 spiro atoms. The average molecular weight is 302 g/mol. The molecule has 0 radical (unpaired) electrons. The number of carbonyl (C=O) groups is 1. The van der Waals surface area contributed by atoms with Crippen LogP contribution in [0.3, 0.4) is 0 Å². The second kappa shape index (κ2) is 5.67. The molecule has 1 amide bonds. The van der Waals surface area contributed by atoms with Crippen LogP contribution in [0, 0.1) is 5.41 Å². The number of carbonyl (C=O) groups excluding carboxylic acids is 1. The summed E-state index contributed by atoms with van der Waals surface area (Å²) in [4.78, 5) is 12.6. The number of nitrogens with one attached hydrogen (secondary N) is 1. The maximum absolute atomic E-state index is 12.6. The monoisotopic (exact) mass is 302 g/mol. The number of benzene rings is 1. The molecule has 0 bridgehead atoms. The van der Waals surface area contributed by atoms with Crippen LogP contribution >= 0.6 is 0 Å². The Bertz CT molecular complexity index is 541. The van der Waals surface area contributed by atoms with Crippen LogP contribution in [-0.2, 0) is 11.2 Å². The third-order valence-electron chi connectivity index (χ3n) is 5.78. The predicted molar refractivity (Wildman–Crippen MR) is 86.2 cm³/mol. The van der Waals surface area contributed by atoms with Crippen molar-refractivity contribution in [2.45, 2.75) is 63.1 Å². The van der Waals surface area contributed by atoms with Crippen LogP contribution in [-0.4, -0.2) is 28.7 Å². The van der Waals surface area contributed by atoms with Gasteiger partial charge >= 0.3 is 0 Å². The number of nitrogens with two attached hydrogens (primary N) is 1. The van der Waals surface area contributed by atoms with Crippen molar-refractivity contribution in [1.82, 2.24) is 5.32 Å². The van der Waals surface area contributed by atoms with E-state index in [9.17, 15) is 9.90 Å². The molecule has 2 aliphatic carbocycles. The van der Waals surface area contributed by atoms with Gasteiger partial charge in [0.1, 0.15) is 5.54 Å². The minimum atomic E-state index is -0.869. The van der Waals surface area contributed by atoms with Crippen molar-refractivity contribution in [2.75, 3.05) is 0 Å². The molecule has 4 N–H and O–H groups in total. The van der Waals surface area contributed by atoms with Crippen LogP contribution in [0.4, 0.5) is 0 Å². The lowest BCUT2D eigenvalue weighted by molar-refractivity contribution is -0.193. The number of aryl methyl sites for hydroxylation is 1. The first kappa shape index (κ1) is 15.5. The summed E-state index contributed by atoms with van der Waals surface area (Å²) in [5, 5.41) is 13.1. The first-order valence-corrected chi connectivity index (χ1v) is 8.30. The van der Waals surface area contributed by atoms with E-state index >= 15 is 0 Å². The average Bonchev–Trinajstić information content (AvgIpc) is 2.44. The van der Waals surface area contributed by atoms with Gasteiger partial charge in [0.2, 0.25) is 5.91 Å². The molecule has 22 heavy (non-hydrogen) atoms. The largest absolute Gasteiger partial charge is 0.392 e. The lowest BCUT2D eigenvalue weighted by atomic mass is 9.44. The van der Waals surface area contributed by atoms with E-state index in [0.29, 0.717) is 6.42 Å².